The van der Waals surface area contributed by atoms with E-state index in [1.165, 1.54) is 25.3 Å². The Hall–Kier alpha value is -2.48. The molecular weight excluding hydrogens is 328 g/mol. The molecule has 0 saturated heterocycles. The average molecular weight is 346 g/mol. The first-order valence-corrected chi connectivity index (χ1v) is 9.44. The molecule has 0 atom stereocenters. The van der Waals surface area contributed by atoms with Crippen LogP contribution in [0.2, 0.25) is 0 Å². The molecule has 1 aliphatic carbocycles. The van der Waals surface area contributed by atoms with Gasteiger partial charge in [0, 0.05) is 24.2 Å². The van der Waals surface area contributed by atoms with E-state index in [-0.39, 0.29) is 10.7 Å². The van der Waals surface area contributed by atoms with Gasteiger partial charge in [-0.3, -0.25) is 4.79 Å². The van der Waals surface area contributed by atoms with Crippen molar-refractivity contribution in [2.24, 2.45) is 0 Å². The number of carbonyl (C=O) groups excluding carboxylic acids is 1. The van der Waals surface area contributed by atoms with Crippen molar-refractivity contribution in [3.05, 3.63) is 36.0 Å². The topological polar surface area (TPSA) is 101 Å². The van der Waals surface area contributed by atoms with Crippen molar-refractivity contribution >= 4 is 33.1 Å². The predicted molar refractivity (Wildman–Crippen MR) is 91.5 cm³/mol. The highest BCUT2D eigenvalue weighted by Crippen LogP contribution is 2.26. The molecule has 0 amide bonds. The first-order chi connectivity index (χ1) is 11.3. The fraction of sp³-hybridized carbons (Fsp3) is 0.312. The molecule has 8 heteroatoms. The van der Waals surface area contributed by atoms with Crippen molar-refractivity contribution in [2.75, 3.05) is 16.9 Å². The van der Waals surface area contributed by atoms with Crippen LogP contribution in [0.4, 0.5) is 17.5 Å². The Morgan fingerprint density at radius 1 is 1.21 bits per heavy atom. The Balaban J connectivity index is 1.83. The van der Waals surface area contributed by atoms with Crippen LogP contribution in [0.5, 0.6) is 0 Å². The lowest BCUT2D eigenvalue weighted by atomic mass is 10.2. The van der Waals surface area contributed by atoms with Crippen LogP contribution in [0.15, 0.2) is 35.4 Å². The summed E-state index contributed by atoms with van der Waals surface area (Å²) in [6.07, 6.45) is 4.79. The zero-order valence-corrected chi connectivity index (χ0v) is 14.2. The van der Waals surface area contributed by atoms with E-state index >= 15 is 0 Å². The first-order valence-electron chi connectivity index (χ1n) is 7.54. The van der Waals surface area contributed by atoms with Gasteiger partial charge in [-0.25, -0.2) is 13.4 Å². The van der Waals surface area contributed by atoms with E-state index in [1.54, 1.807) is 12.1 Å². The minimum absolute atomic E-state index is 0.0952. The third kappa shape index (κ3) is 3.88. The second-order valence-electron chi connectivity index (χ2n) is 5.85. The van der Waals surface area contributed by atoms with E-state index in [9.17, 15) is 13.2 Å². The molecule has 3 rings (SSSR count). The summed E-state index contributed by atoms with van der Waals surface area (Å²) >= 11 is 0. The van der Waals surface area contributed by atoms with Crippen molar-refractivity contribution in [1.82, 2.24) is 9.97 Å². The summed E-state index contributed by atoms with van der Waals surface area (Å²) in [4.78, 5) is 20.4. The number of ketones is 1. The highest BCUT2D eigenvalue weighted by atomic mass is 32.2. The maximum atomic E-state index is 11.7. The van der Waals surface area contributed by atoms with E-state index in [0.29, 0.717) is 29.1 Å². The molecule has 0 bridgehead atoms. The molecule has 0 spiro atoms. The number of nitrogens with zero attached hydrogens (tertiary/aromatic N) is 2. The number of nitrogens with one attached hydrogen (secondary N) is 2. The lowest BCUT2D eigenvalue weighted by Crippen LogP contribution is -2.11. The Bertz CT molecular complexity index is 875. The monoisotopic (exact) mass is 346 g/mol. The smallest absolute Gasteiger partial charge is 0.229 e. The molecule has 2 aromatic rings. The van der Waals surface area contributed by atoms with Gasteiger partial charge in [-0.15, -0.1) is 0 Å². The zero-order valence-electron chi connectivity index (χ0n) is 13.4. The predicted octanol–water partition coefficient (Wildman–Crippen LogP) is 2.40. The Labute approximate surface area is 140 Å². The van der Waals surface area contributed by atoms with Crippen LogP contribution in [0.1, 0.15) is 30.1 Å². The largest absolute Gasteiger partial charge is 0.367 e. The SMILES string of the molecule is CC(=O)c1cnc(Nc2ccc(S(C)(=O)=O)cc2)nc1NC1CC1. The van der Waals surface area contributed by atoms with Crippen LogP contribution >= 0.6 is 0 Å². The van der Waals surface area contributed by atoms with Crippen LogP contribution in [0, 0.1) is 0 Å². The molecule has 1 heterocycles. The van der Waals surface area contributed by atoms with Crippen LogP contribution in [-0.4, -0.2) is 36.5 Å². The molecule has 1 aliphatic rings. The summed E-state index contributed by atoms with van der Waals surface area (Å²) in [5.41, 5.74) is 1.12. The van der Waals surface area contributed by atoms with Crippen molar-refractivity contribution in [2.45, 2.75) is 30.7 Å². The van der Waals surface area contributed by atoms with Crippen LogP contribution in [0.25, 0.3) is 0 Å². The number of sulfone groups is 1. The van der Waals surface area contributed by atoms with Gasteiger partial charge >= 0.3 is 0 Å². The lowest BCUT2D eigenvalue weighted by Gasteiger charge is -2.11. The molecule has 1 aromatic heterocycles. The van der Waals surface area contributed by atoms with Gasteiger partial charge in [0.15, 0.2) is 15.6 Å². The molecule has 126 valence electrons. The molecule has 0 aliphatic heterocycles. The third-order valence-electron chi connectivity index (χ3n) is 3.62. The maximum absolute atomic E-state index is 11.7. The number of benzene rings is 1. The van der Waals surface area contributed by atoms with Gasteiger partial charge in [0.2, 0.25) is 5.95 Å². The maximum Gasteiger partial charge on any atom is 0.229 e. The molecule has 0 unspecified atom stereocenters. The minimum atomic E-state index is -3.23. The van der Waals surface area contributed by atoms with E-state index < -0.39 is 9.84 Å². The van der Waals surface area contributed by atoms with E-state index in [4.69, 9.17) is 0 Å². The lowest BCUT2D eigenvalue weighted by molar-refractivity contribution is 0.101. The number of anilines is 3. The van der Waals surface area contributed by atoms with Gasteiger partial charge < -0.3 is 10.6 Å². The standard InChI is InChI=1S/C16H18N4O3S/c1-10(21)14-9-17-16(20-15(14)18-11-3-4-11)19-12-5-7-13(8-6-12)24(2,22)23/h5-9,11H,3-4H2,1-2H3,(H2,17,18,19,20). The van der Waals surface area contributed by atoms with Gasteiger partial charge in [-0.1, -0.05) is 0 Å². The Morgan fingerprint density at radius 2 is 1.88 bits per heavy atom. The van der Waals surface area contributed by atoms with E-state index in [2.05, 4.69) is 20.6 Å². The number of Topliss-reactive ketones (excluding diaryl/α,β-unsaturated/α-hetero) is 1. The minimum Gasteiger partial charge on any atom is -0.367 e. The number of rotatable bonds is 6. The summed E-state index contributed by atoms with van der Waals surface area (Å²) in [5, 5.41) is 6.24. The van der Waals surface area contributed by atoms with Gasteiger partial charge in [-0.2, -0.15) is 4.98 Å². The van der Waals surface area contributed by atoms with E-state index in [0.717, 1.165) is 19.1 Å². The second kappa shape index (κ2) is 6.20. The second-order valence-corrected chi connectivity index (χ2v) is 7.87. The molecule has 0 radical (unpaired) electrons. The Morgan fingerprint density at radius 3 is 2.42 bits per heavy atom. The van der Waals surface area contributed by atoms with Crippen molar-refractivity contribution in [1.29, 1.82) is 0 Å². The van der Waals surface area contributed by atoms with Gasteiger partial charge in [-0.05, 0) is 44.0 Å². The zero-order chi connectivity index (χ0) is 17.3. The quantitative estimate of drug-likeness (QED) is 0.774. The number of hydrogen-bond acceptors (Lipinski definition) is 7. The summed E-state index contributed by atoms with van der Waals surface area (Å²) in [6.45, 7) is 1.48. The molecule has 1 saturated carbocycles. The molecule has 24 heavy (non-hydrogen) atoms. The average Bonchev–Trinajstić information content (AvgIpc) is 3.31. The summed E-state index contributed by atoms with van der Waals surface area (Å²) < 4.78 is 22.9. The number of aromatic nitrogens is 2. The van der Waals surface area contributed by atoms with Crippen LogP contribution < -0.4 is 10.6 Å². The first kappa shape index (κ1) is 16.4. The van der Waals surface area contributed by atoms with Crippen molar-refractivity contribution in [3.8, 4) is 0 Å². The summed E-state index contributed by atoms with van der Waals surface area (Å²) in [5.74, 6) is 0.771. The van der Waals surface area contributed by atoms with E-state index in [1.807, 2.05) is 0 Å². The number of carbonyl (C=O) groups is 1. The van der Waals surface area contributed by atoms with Gasteiger partial charge in [0.25, 0.3) is 0 Å². The Kier molecular flexibility index (Phi) is 4.23. The molecule has 1 aromatic carbocycles. The normalized spacial score (nSPS) is 14.2. The third-order valence-corrected chi connectivity index (χ3v) is 4.75. The van der Waals surface area contributed by atoms with Crippen LogP contribution in [-0.2, 0) is 9.84 Å². The fourth-order valence-electron chi connectivity index (χ4n) is 2.15. The fourth-order valence-corrected chi connectivity index (χ4v) is 2.78. The number of hydrogen-bond donors (Lipinski definition) is 2. The van der Waals surface area contributed by atoms with Crippen molar-refractivity contribution < 1.29 is 13.2 Å². The summed E-state index contributed by atoms with van der Waals surface area (Å²) in [7, 11) is -3.23. The van der Waals surface area contributed by atoms with Crippen molar-refractivity contribution in [3.63, 3.8) is 0 Å². The molecular formula is C16H18N4O3S. The molecule has 1 fully saturated rings. The van der Waals surface area contributed by atoms with Gasteiger partial charge in [0.05, 0.1) is 10.5 Å². The summed E-state index contributed by atoms with van der Waals surface area (Å²) in [6, 6.07) is 6.69. The highest BCUT2D eigenvalue weighted by molar-refractivity contribution is 7.90. The molecule has 7 nitrogen and oxygen atoms in total. The molecule has 2 N–H and O–H groups in total. The van der Waals surface area contributed by atoms with Gasteiger partial charge in [0.1, 0.15) is 5.82 Å². The van der Waals surface area contributed by atoms with Crippen LogP contribution in [0.3, 0.4) is 0 Å². The highest BCUT2D eigenvalue weighted by Gasteiger charge is 2.24.